The van der Waals surface area contributed by atoms with E-state index in [9.17, 15) is 4.79 Å². The molecule has 1 aliphatic heterocycles. The van der Waals surface area contributed by atoms with Crippen LogP contribution in [0.25, 0.3) is 0 Å². The van der Waals surface area contributed by atoms with E-state index >= 15 is 0 Å². The number of hydrogen-bond acceptors (Lipinski definition) is 2. The van der Waals surface area contributed by atoms with Crippen LogP contribution < -0.4 is 0 Å². The summed E-state index contributed by atoms with van der Waals surface area (Å²) in [5.74, 6) is -0.225. The number of fused-ring (bicyclic) bond motifs is 1. The topological polar surface area (TPSA) is 37.3 Å². The van der Waals surface area contributed by atoms with Gasteiger partial charge in [0.1, 0.15) is 5.25 Å². The highest BCUT2D eigenvalue weighted by Crippen LogP contribution is 2.41. The number of rotatable bonds is 1. The molecule has 3 atom stereocenters. The average molecular weight is 182 g/mol. The smallest absolute Gasteiger partial charge is 0.316 e. The lowest BCUT2D eigenvalue weighted by Gasteiger charge is -2.12. The van der Waals surface area contributed by atoms with Crippen LogP contribution in [-0.4, -0.2) is 21.6 Å². The van der Waals surface area contributed by atoms with E-state index < -0.39 is 5.97 Å². The first kappa shape index (κ1) is 7.92. The first-order valence-electron chi connectivity index (χ1n) is 4.00. The highest BCUT2D eigenvalue weighted by atomic mass is 32.2. The zero-order chi connectivity index (χ0) is 8.55. The summed E-state index contributed by atoms with van der Waals surface area (Å²) in [4.78, 5) is 10.7. The zero-order valence-electron chi connectivity index (χ0n) is 6.51. The Morgan fingerprint density at radius 2 is 2.17 bits per heavy atom. The molecule has 0 bridgehead atoms. The van der Waals surface area contributed by atoms with Crippen LogP contribution in [0.15, 0.2) is 24.3 Å². The maximum absolute atomic E-state index is 10.7. The van der Waals surface area contributed by atoms with Gasteiger partial charge in [-0.15, -0.1) is 11.8 Å². The molecule has 2 nitrogen and oxygen atoms in total. The van der Waals surface area contributed by atoms with E-state index in [4.69, 9.17) is 5.11 Å². The van der Waals surface area contributed by atoms with Gasteiger partial charge in [0.15, 0.2) is 0 Å². The molecule has 0 aromatic heterocycles. The van der Waals surface area contributed by atoms with E-state index in [2.05, 4.69) is 12.2 Å². The molecule has 0 saturated carbocycles. The van der Waals surface area contributed by atoms with Crippen LogP contribution in [0, 0.1) is 5.92 Å². The van der Waals surface area contributed by atoms with Crippen molar-refractivity contribution in [3.8, 4) is 0 Å². The summed E-state index contributed by atoms with van der Waals surface area (Å²) in [6, 6.07) is 0. The molecule has 0 spiro atoms. The molecule has 3 unspecified atom stereocenters. The third-order valence-corrected chi connectivity index (χ3v) is 3.82. The quantitative estimate of drug-likeness (QED) is 0.670. The summed E-state index contributed by atoms with van der Waals surface area (Å²) in [7, 11) is 0. The third-order valence-electron chi connectivity index (χ3n) is 2.28. The van der Waals surface area contributed by atoms with Crippen LogP contribution in [0.1, 0.15) is 6.42 Å². The van der Waals surface area contributed by atoms with Crippen LogP contribution in [0.5, 0.6) is 0 Å². The molecule has 12 heavy (non-hydrogen) atoms. The number of carboxylic acid groups (broad SMARTS) is 1. The second-order valence-corrected chi connectivity index (χ2v) is 4.48. The van der Waals surface area contributed by atoms with E-state index in [1.807, 2.05) is 12.2 Å². The highest BCUT2D eigenvalue weighted by molar-refractivity contribution is 8.01. The maximum atomic E-state index is 10.7. The predicted molar refractivity (Wildman–Crippen MR) is 49.2 cm³/mol. The molecule has 1 N–H and O–H groups in total. The molecule has 1 fully saturated rings. The predicted octanol–water partition coefficient (Wildman–Crippen LogP) is 1.69. The summed E-state index contributed by atoms with van der Waals surface area (Å²) in [5.41, 5.74) is 0. The highest BCUT2D eigenvalue weighted by Gasteiger charge is 2.36. The number of aliphatic carboxylic acids is 1. The summed E-state index contributed by atoms with van der Waals surface area (Å²) >= 11 is 1.57. The first-order chi connectivity index (χ1) is 5.77. The third kappa shape index (κ3) is 1.29. The zero-order valence-corrected chi connectivity index (χ0v) is 7.33. The summed E-state index contributed by atoms with van der Waals surface area (Å²) in [5, 5.41) is 8.99. The van der Waals surface area contributed by atoms with Gasteiger partial charge in [0, 0.05) is 5.25 Å². The summed E-state index contributed by atoms with van der Waals surface area (Å²) in [6.07, 6.45) is 8.99. The maximum Gasteiger partial charge on any atom is 0.316 e. The Bertz CT molecular complexity index is 237. The number of carbonyl (C=O) groups is 1. The Hall–Kier alpha value is -0.700. The molecular weight excluding hydrogens is 172 g/mol. The van der Waals surface area contributed by atoms with Crippen molar-refractivity contribution in [2.75, 3.05) is 0 Å². The van der Waals surface area contributed by atoms with E-state index in [0.29, 0.717) is 11.2 Å². The van der Waals surface area contributed by atoms with Crippen molar-refractivity contribution in [3.63, 3.8) is 0 Å². The second kappa shape index (κ2) is 2.98. The second-order valence-electron chi connectivity index (χ2n) is 3.10. The Balaban J connectivity index is 2.10. The van der Waals surface area contributed by atoms with E-state index in [1.54, 1.807) is 11.8 Å². The van der Waals surface area contributed by atoms with Crippen LogP contribution in [0.3, 0.4) is 0 Å². The molecule has 64 valence electrons. The molecule has 1 saturated heterocycles. The van der Waals surface area contributed by atoms with Gasteiger partial charge in [-0.05, 0) is 12.3 Å². The van der Waals surface area contributed by atoms with Crippen LogP contribution in [0.2, 0.25) is 0 Å². The Kier molecular flexibility index (Phi) is 1.97. The van der Waals surface area contributed by atoms with Gasteiger partial charge in [-0.3, -0.25) is 4.79 Å². The fourth-order valence-corrected chi connectivity index (χ4v) is 3.06. The molecule has 2 rings (SSSR count). The van der Waals surface area contributed by atoms with Crippen molar-refractivity contribution >= 4 is 17.7 Å². The number of carboxylic acids is 1. The number of hydrogen-bond donors (Lipinski definition) is 1. The molecule has 1 aliphatic carbocycles. The van der Waals surface area contributed by atoms with Crippen LogP contribution in [-0.2, 0) is 4.79 Å². The van der Waals surface area contributed by atoms with Crippen molar-refractivity contribution in [2.45, 2.75) is 16.9 Å². The number of thioether (sulfide) groups is 1. The summed E-state index contributed by atoms with van der Waals surface area (Å²) in [6.45, 7) is 0. The Morgan fingerprint density at radius 1 is 1.42 bits per heavy atom. The largest absolute Gasteiger partial charge is 0.480 e. The average Bonchev–Trinajstić information content (AvgIpc) is 2.46. The van der Waals surface area contributed by atoms with Crippen molar-refractivity contribution < 1.29 is 9.90 Å². The molecular formula is C9H10O2S. The number of allylic oxidation sites excluding steroid dienone is 3. The van der Waals surface area contributed by atoms with Crippen LogP contribution >= 0.6 is 11.8 Å². The lowest BCUT2D eigenvalue weighted by molar-refractivity contribution is -0.136. The minimum atomic E-state index is -0.670. The lowest BCUT2D eigenvalue weighted by Crippen LogP contribution is -2.12. The van der Waals surface area contributed by atoms with Crippen molar-refractivity contribution in [2.24, 2.45) is 5.92 Å². The molecule has 3 heteroatoms. The van der Waals surface area contributed by atoms with Crippen molar-refractivity contribution in [3.05, 3.63) is 24.3 Å². The normalized spacial score (nSPS) is 38.2. The molecule has 0 amide bonds. The Labute approximate surface area is 75.3 Å². The standard InChI is InChI=1S/C9H10O2S/c10-9(11)8-5-6-3-1-2-4-7(6)12-8/h1-4,6-8H,5H2,(H,10,11). The van der Waals surface area contributed by atoms with Gasteiger partial charge in [0.25, 0.3) is 0 Å². The van der Waals surface area contributed by atoms with Gasteiger partial charge in [0.05, 0.1) is 0 Å². The van der Waals surface area contributed by atoms with Gasteiger partial charge in [-0.2, -0.15) is 0 Å². The van der Waals surface area contributed by atoms with E-state index in [0.717, 1.165) is 6.42 Å². The van der Waals surface area contributed by atoms with Crippen LogP contribution in [0.4, 0.5) is 0 Å². The van der Waals surface area contributed by atoms with Crippen molar-refractivity contribution in [1.29, 1.82) is 0 Å². The Morgan fingerprint density at radius 3 is 2.83 bits per heavy atom. The summed E-state index contributed by atoms with van der Waals surface area (Å²) < 4.78 is 0. The molecule has 0 radical (unpaired) electrons. The molecule has 1 heterocycles. The fraction of sp³-hybridized carbons (Fsp3) is 0.444. The monoisotopic (exact) mass is 182 g/mol. The van der Waals surface area contributed by atoms with E-state index in [1.165, 1.54) is 0 Å². The van der Waals surface area contributed by atoms with Gasteiger partial charge in [0.2, 0.25) is 0 Å². The van der Waals surface area contributed by atoms with Gasteiger partial charge in [-0.1, -0.05) is 24.3 Å². The minimum absolute atomic E-state index is 0.201. The fourth-order valence-electron chi connectivity index (χ4n) is 1.64. The lowest BCUT2D eigenvalue weighted by atomic mass is 9.96. The first-order valence-corrected chi connectivity index (χ1v) is 4.95. The SMILES string of the molecule is O=C(O)C1CC2C=CC=CC2S1. The molecule has 0 aromatic carbocycles. The van der Waals surface area contributed by atoms with E-state index in [-0.39, 0.29) is 5.25 Å². The molecule has 0 aromatic rings. The molecule has 2 aliphatic rings. The van der Waals surface area contributed by atoms with Gasteiger partial charge >= 0.3 is 5.97 Å². The van der Waals surface area contributed by atoms with Gasteiger partial charge < -0.3 is 5.11 Å². The minimum Gasteiger partial charge on any atom is -0.480 e. The van der Waals surface area contributed by atoms with Crippen molar-refractivity contribution in [1.82, 2.24) is 0 Å². The van der Waals surface area contributed by atoms with Gasteiger partial charge in [-0.25, -0.2) is 0 Å².